The van der Waals surface area contributed by atoms with Gasteiger partial charge in [-0.1, -0.05) is 6.92 Å². The van der Waals surface area contributed by atoms with Crippen LogP contribution in [0.5, 0.6) is 0 Å². The minimum atomic E-state index is -3.42. The van der Waals surface area contributed by atoms with Crippen LogP contribution in [0.4, 0.5) is 0 Å². The molecule has 0 aromatic heterocycles. The van der Waals surface area contributed by atoms with E-state index >= 15 is 0 Å². The van der Waals surface area contributed by atoms with E-state index in [2.05, 4.69) is 11.6 Å². The average molecular weight is 216 g/mol. The van der Waals surface area contributed by atoms with E-state index < -0.39 is 15.3 Å². The zero-order valence-electron chi connectivity index (χ0n) is 8.58. The third-order valence-electron chi connectivity index (χ3n) is 3.00. The molecule has 1 saturated carbocycles. The fraction of sp³-hybridized carbons (Fsp3) is 0.889. The van der Waals surface area contributed by atoms with Gasteiger partial charge in [-0.3, -0.25) is 0 Å². The van der Waals surface area contributed by atoms with Crippen LogP contribution in [0.15, 0.2) is 0 Å². The number of hydrogen-bond donors (Lipinski definition) is 1. The van der Waals surface area contributed by atoms with E-state index in [1.807, 2.05) is 0 Å². The van der Waals surface area contributed by atoms with Crippen LogP contribution >= 0.6 is 0 Å². The van der Waals surface area contributed by atoms with Gasteiger partial charge in [0.25, 0.3) is 0 Å². The van der Waals surface area contributed by atoms with Crippen LogP contribution < -0.4 is 4.72 Å². The van der Waals surface area contributed by atoms with Crippen molar-refractivity contribution >= 4 is 10.0 Å². The first-order valence-corrected chi connectivity index (χ1v) is 6.38. The van der Waals surface area contributed by atoms with Crippen LogP contribution in [-0.2, 0) is 10.0 Å². The van der Waals surface area contributed by atoms with Crippen molar-refractivity contribution < 1.29 is 8.42 Å². The second-order valence-corrected chi connectivity index (χ2v) is 6.08. The van der Waals surface area contributed by atoms with Crippen molar-refractivity contribution in [1.29, 1.82) is 5.26 Å². The van der Waals surface area contributed by atoms with E-state index in [1.54, 1.807) is 6.07 Å². The zero-order valence-corrected chi connectivity index (χ0v) is 9.39. The summed E-state index contributed by atoms with van der Waals surface area (Å²) in [5, 5.41) is 7.54. The molecule has 14 heavy (non-hydrogen) atoms. The molecule has 0 amide bonds. The lowest BCUT2D eigenvalue weighted by atomic mass is 10.1. The van der Waals surface area contributed by atoms with E-state index in [-0.39, 0.29) is 5.41 Å². The number of rotatable bonds is 5. The van der Waals surface area contributed by atoms with E-state index in [0.717, 1.165) is 19.3 Å². The molecule has 1 N–H and O–H groups in total. The number of nitriles is 1. The van der Waals surface area contributed by atoms with Crippen molar-refractivity contribution in [3.8, 4) is 6.07 Å². The van der Waals surface area contributed by atoms with Crippen molar-refractivity contribution in [1.82, 2.24) is 4.72 Å². The minimum absolute atomic E-state index is 0.183. The molecule has 0 saturated heterocycles. The van der Waals surface area contributed by atoms with Crippen LogP contribution in [0, 0.1) is 16.7 Å². The lowest BCUT2D eigenvalue weighted by Gasteiger charge is -2.14. The Morgan fingerprint density at radius 3 is 2.50 bits per heavy atom. The molecule has 1 aliphatic carbocycles. The van der Waals surface area contributed by atoms with Gasteiger partial charge in [0.1, 0.15) is 0 Å². The summed E-state index contributed by atoms with van der Waals surface area (Å²) in [6, 6.07) is 1.73. The SMILES string of the molecule is CCC1(CNS(=O)(=O)C(C)C#N)CC1. The number of hydrogen-bond acceptors (Lipinski definition) is 3. The zero-order chi connectivity index (χ0) is 10.8. The lowest BCUT2D eigenvalue weighted by molar-refractivity contribution is 0.475. The highest BCUT2D eigenvalue weighted by molar-refractivity contribution is 7.90. The molecule has 0 heterocycles. The third kappa shape index (κ3) is 2.46. The van der Waals surface area contributed by atoms with Gasteiger partial charge in [-0.2, -0.15) is 5.26 Å². The molecule has 0 aliphatic heterocycles. The number of sulfonamides is 1. The molecule has 4 nitrogen and oxygen atoms in total. The predicted molar refractivity (Wildman–Crippen MR) is 54.0 cm³/mol. The molecule has 1 fully saturated rings. The second-order valence-electron chi connectivity index (χ2n) is 3.99. The second kappa shape index (κ2) is 3.87. The molecule has 1 rings (SSSR count). The van der Waals surface area contributed by atoms with Crippen molar-refractivity contribution in [2.24, 2.45) is 5.41 Å². The first kappa shape index (κ1) is 11.5. The maximum atomic E-state index is 11.4. The fourth-order valence-electron chi connectivity index (χ4n) is 1.28. The normalized spacial score (nSPS) is 21.2. The van der Waals surface area contributed by atoms with Gasteiger partial charge in [0.15, 0.2) is 5.25 Å². The van der Waals surface area contributed by atoms with Crippen molar-refractivity contribution in [2.75, 3.05) is 6.54 Å². The van der Waals surface area contributed by atoms with Crippen LogP contribution in [-0.4, -0.2) is 20.2 Å². The molecule has 0 aromatic carbocycles. The van der Waals surface area contributed by atoms with E-state index in [1.165, 1.54) is 6.92 Å². The van der Waals surface area contributed by atoms with Gasteiger partial charge in [-0.25, -0.2) is 13.1 Å². The van der Waals surface area contributed by atoms with Crippen LogP contribution in [0.25, 0.3) is 0 Å². The largest absolute Gasteiger partial charge is 0.227 e. The number of nitrogens with one attached hydrogen (secondary N) is 1. The molecule has 0 radical (unpaired) electrons. The summed E-state index contributed by atoms with van der Waals surface area (Å²) < 4.78 is 25.3. The van der Waals surface area contributed by atoms with Crippen molar-refractivity contribution in [3.63, 3.8) is 0 Å². The highest BCUT2D eigenvalue weighted by atomic mass is 32.2. The van der Waals surface area contributed by atoms with Crippen LogP contribution in [0.1, 0.15) is 33.1 Å². The molecule has 0 spiro atoms. The molecular weight excluding hydrogens is 200 g/mol. The van der Waals surface area contributed by atoms with Gasteiger partial charge in [0.05, 0.1) is 6.07 Å². The Hall–Kier alpha value is -0.600. The van der Waals surface area contributed by atoms with E-state index in [0.29, 0.717) is 6.54 Å². The van der Waals surface area contributed by atoms with Gasteiger partial charge in [0.2, 0.25) is 10.0 Å². The molecule has 1 unspecified atom stereocenters. The predicted octanol–water partition coefficient (Wildman–Crippen LogP) is 1.01. The molecule has 1 atom stereocenters. The van der Waals surface area contributed by atoms with Gasteiger partial charge in [-0.05, 0) is 31.6 Å². The summed E-state index contributed by atoms with van der Waals surface area (Å²) in [7, 11) is -3.42. The molecule has 1 aliphatic rings. The Labute approximate surface area is 85.4 Å². The summed E-state index contributed by atoms with van der Waals surface area (Å²) in [5.41, 5.74) is 0.183. The standard InChI is InChI=1S/C9H16N2O2S/c1-3-9(4-5-9)7-11-14(12,13)8(2)6-10/h8,11H,3-5,7H2,1-2H3. The molecule has 0 bridgehead atoms. The van der Waals surface area contributed by atoms with Crippen molar-refractivity contribution in [2.45, 2.75) is 38.4 Å². The van der Waals surface area contributed by atoms with Gasteiger partial charge >= 0.3 is 0 Å². The first-order valence-electron chi connectivity index (χ1n) is 4.84. The molecular formula is C9H16N2O2S. The van der Waals surface area contributed by atoms with Crippen LogP contribution in [0.2, 0.25) is 0 Å². The third-order valence-corrected chi connectivity index (χ3v) is 4.59. The molecule has 5 heteroatoms. The van der Waals surface area contributed by atoms with E-state index in [9.17, 15) is 8.42 Å². The van der Waals surface area contributed by atoms with Crippen LogP contribution in [0.3, 0.4) is 0 Å². The van der Waals surface area contributed by atoms with E-state index in [4.69, 9.17) is 5.26 Å². The maximum Gasteiger partial charge on any atom is 0.227 e. The number of nitrogens with zero attached hydrogens (tertiary/aromatic N) is 1. The summed E-state index contributed by atoms with van der Waals surface area (Å²) in [6.07, 6.45) is 3.18. The lowest BCUT2D eigenvalue weighted by Crippen LogP contribution is -2.35. The Bertz CT molecular complexity index is 338. The topological polar surface area (TPSA) is 70.0 Å². The van der Waals surface area contributed by atoms with Gasteiger partial charge < -0.3 is 0 Å². The Kier molecular flexibility index (Phi) is 3.17. The smallest absolute Gasteiger partial charge is 0.214 e. The average Bonchev–Trinajstić information content (AvgIpc) is 2.94. The van der Waals surface area contributed by atoms with Gasteiger partial charge in [0, 0.05) is 6.54 Å². The summed E-state index contributed by atoms with van der Waals surface area (Å²) >= 11 is 0. The first-order chi connectivity index (χ1) is 6.46. The Morgan fingerprint density at radius 1 is 1.57 bits per heavy atom. The quantitative estimate of drug-likeness (QED) is 0.745. The molecule has 0 aromatic rings. The molecule has 80 valence electrons. The highest BCUT2D eigenvalue weighted by Crippen LogP contribution is 2.47. The monoisotopic (exact) mass is 216 g/mol. The van der Waals surface area contributed by atoms with Gasteiger partial charge in [-0.15, -0.1) is 0 Å². The summed E-state index contributed by atoms with van der Waals surface area (Å²) in [4.78, 5) is 0. The minimum Gasteiger partial charge on any atom is -0.214 e. The fourth-order valence-corrected chi connectivity index (χ4v) is 2.18. The Morgan fingerprint density at radius 2 is 2.14 bits per heavy atom. The highest BCUT2D eigenvalue weighted by Gasteiger charge is 2.41. The maximum absolute atomic E-state index is 11.4. The summed E-state index contributed by atoms with van der Waals surface area (Å²) in [6.45, 7) is 3.95. The Balaban J connectivity index is 2.50. The van der Waals surface area contributed by atoms with Crippen molar-refractivity contribution in [3.05, 3.63) is 0 Å². The summed E-state index contributed by atoms with van der Waals surface area (Å²) in [5.74, 6) is 0.